The lowest BCUT2D eigenvalue weighted by Crippen LogP contribution is -2.06. The summed E-state index contributed by atoms with van der Waals surface area (Å²) < 4.78 is 24.6. The molecule has 0 saturated heterocycles. The van der Waals surface area contributed by atoms with E-state index in [-0.39, 0.29) is 5.82 Å². The molecular formula is C16H11FO3S. The van der Waals surface area contributed by atoms with E-state index in [0.717, 1.165) is 4.70 Å². The fourth-order valence-corrected chi connectivity index (χ4v) is 2.88. The Hall–Kier alpha value is -2.40. The Balaban J connectivity index is 1.84. The topological polar surface area (TPSA) is 35.5 Å². The molecule has 3 nitrogen and oxygen atoms in total. The third-order valence-corrected chi connectivity index (χ3v) is 4.06. The zero-order chi connectivity index (χ0) is 14.8. The molecule has 0 aliphatic carbocycles. The molecule has 0 spiro atoms. The van der Waals surface area contributed by atoms with E-state index in [1.165, 1.54) is 23.5 Å². The molecule has 0 saturated carbocycles. The molecule has 1 aromatic heterocycles. The molecule has 0 atom stereocenters. The Morgan fingerprint density at radius 2 is 1.81 bits per heavy atom. The van der Waals surface area contributed by atoms with Crippen LogP contribution in [-0.2, 0) is 0 Å². The lowest BCUT2D eigenvalue weighted by molar-refractivity contribution is 0.0740. The second-order valence-electron chi connectivity index (χ2n) is 4.33. The van der Waals surface area contributed by atoms with Crippen molar-refractivity contribution >= 4 is 27.4 Å². The zero-order valence-corrected chi connectivity index (χ0v) is 11.9. The van der Waals surface area contributed by atoms with Gasteiger partial charge in [-0.25, -0.2) is 9.18 Å². The number of benzene rings is 2. The van der Waals surface area contributed by atoms with E-state index in [1.807, 2.05) is 0 Å². The molecule has 21 heavy (non-hydrogen) atoms. The summed E-state index contributed by atoms with van der Waals surface area (Å²) in [4.78, 5) is 12.5. The van der Waals surface area contributed by atoms with Gasteiger partial charge in [0.2, 0.25) is 0 Å². The van der Waals surface area contributed by atoms with Crippen LogP contribution in [0.1, 0.15) is 9.67 Å². The molecule has 3 rings (SSSR count). The second kappa shape index (κ2) is 5.54. The first-order valence-electron chi connectivity index (χ1n) is 6.21. The number of hydrogen-bond donors (Lipinski definition) is 0. The largest absolute Gasteiger partial charge is 0.497 e. The van der Waals surface area contributed by atoms with Crippen LogP contribution in [0.4, 0.5) is 4.39 Å². The first-order valence-corrected chi connectivity index (χ1v) is 7.03. The van der Waals surface area contributed by atoms with Crippen molar-refractivity contribution in [2.75, 3.05) is 7.11 Å². The van der Waals surface area contributed by atoms with Crippen LogP contribution in [0.5, 0.6) is 11.5 Å². The standard InChI is InChI=1S/C16H11FO3S/c1-19-10-5-7-11(8-6-10)20-16(18)15-9-12-13(17)3-2-4-14(12)21-15/h2-9H,1H3. The van der Waals surface area contributed by atoms with Crippen LogP contribution in [0.15, 0.2) is 48.5 Å². The maximum Gasteiger partial charge on any atom is 0.353 e. The van der Waals surface area contributed by atoms with Crippen molar-refractivity contribution in [3.63, 3.8) is 0 Å². The number of halogens is 1. The van der Waals surface area contributed by atoms with Gasteiger partial charge in [0.1, 0.15) is 22.2 Å². The van der Waals surface area contributed by atoms with Crippen molar-refractivity contribution in [3.05, 3.63) is 59.2 Å². The number of fused-ring (bicyclic) bond motifs is 1. The van der Waals surface area contributed by atoms with Gasteiger partial charge >= 0.3 is 5.97 Å². The van der Waals surface area contributed by atoms with Crippen LogP contribution in [0, 0.1) is 5.82 Å². The average molecular weight is 302 g/mol. The van der Waals surface area contributed by atoms with Gasteiger partial charge in [0.05, 0.1) is 7.11 Å². The molecular weight excluding hydrogens is 291 g/mol. The number of hydrogen-bond acceptors (Lipinski definition) is 4. The van der Waals surface area contributed by atoms with Crippen molar-refractivity contribution in [1.82, 2.24) is 0 Å². The summed E-state index contributed by atoms with van der Waals surface area (Å²) in [5.74, 6) is 0.255. The lowest BCUT2D eigenvalue weighted by atomic mass is 10.2. The number of ether oxygens (including phenoxy) is 2. The third-order valence-electron chi connectivity index (χ3n) is 2.98. The number of thiophene rings is 1. The predicted octanol–water partition coefficient (Wildman–Crippen LogP) is 4.27. The van der Waals surface area contributed by atoms with Crippen LogP contribution in [0.2, 0.25) is 0 Å². The summed E-state index contributed by atoms with van der Waals surface area (Å²) in [6, 6.07) is 13.0. The van der Waals surface area contributed by atoms with Crippen LogP contribution in [-0.4, -0.2) is 13.1 Å². The van der Waals surface area contributed by atoms with Gasteiger partial charge in [0.15, 0.2) is 0 Å². The van der Waals surface area contributed by atoms with Gasteiger partial charge in [-0.15, -0.1) is 11.3 Å². The molecule has 0 aliphatic heterocycles. The number of rotatable bonds is 3. The Morgan fingerprint density at radius 1 is 1.10 bits per heavy atom. The Morgan fingerprint density at radius 3 is 2.48 bits per heavy atom. The van der Waals surface area contributed by atoms with Crippen molar-refractivity contribution in [2.45, 2.75) is 0 Å². The van der Waals surface area contributed by atoms with Gasteiger partial charge in [0.25, 0.3) is 0 Å². The van der Waals surface area contributed by atoms with Gasteiger partial charge in [-0.2, -0.15) is 0 Å². The normalized spacial score (nSPS) is 10.6. The minimum Gasteiger partial charge on any atom is -0.497 e. The molecule has 5 heteroatoms. The van der Waals surface area contributed by atoms with Gasteiger partial charge in [0, 0.05) is 10.1 Å². The molecule has 0 aliphatic rings. The predicted molar refractivity (Wildman–Crippen MR) is 79.7 cm³/mol. The molecule has 0 unspecified atom stereocenters. The van der Waals surface area contributed by atoms with E-state index in [0.29, 0.717) is 21.8 Å². The molecule has 2 aromatic carbocycles. The Bertz CT molecular complexity index is 793. The number of carbonyl (C=O) groups excluding carboxylic acids is 1. The van der Waals surface area contributed by atoms with Crippen molar-refractivity contribution in [1.29, 1.82) is 0 Å². The van der Waals surface area contributed by atoms with Crippen LogP contribution >= 0.6 is 11.3 Å². The van der Waals surface area contributed by atoms with E-state index < -0.39 is 5.97 Å². The van der Waals surface area contributed by atoms with E-state index in [1.54, 1.807) is 43.5 Å². The molecule has 106 valence electrons. The minimum atomic E-state index is -0.499. The monoisotopic (exact) mass is 302 g/mol. The van der Waals surface area contributed by atoms with E-state index in [2.05, 4.69) is 0 Å². The lowest BCUT2D eigenvalue weighted by Gasteiger charge is -2.03. The molecule has 0 N–H and O–H groups in total. The maximum absolute atomic E-state index is 13.6. The van der Waals surface area contributed by atoms with Gasteiger partial charge in [-0.3, -0.25) is 0 Å². The summed E-state index contributed by atoms with van der Waals surface area (Å²) >= 11 is 1.21. The summed E-state index contributed by atoms with van der Waals surface area (Å²) in [5.41, 5.74) is 0. The minimum absolute atomic E-state index is 0.341. The van der Waals surface area contributed by atoms with Crippen LogP contribution in [0.3, 0.4) is 0 Å². The quantitative estimate of drug-likeness (QED) is 0.535. The molecule has 0 fully saturated rings. The van der Waals surface area contributed by atoms with Crippen molar-refractivity contribution < 1.29 is 18.7 Å². The average Bonchev–Trinajstić information content (AvgIpc) is 2.94. The van der Waals surface area contributed by atoms with Gasteiger partial charge < -0.3 is 9.47 Å². The number of esters is 1. The zero-order valence-electron chi connectivity index (χ0n) is 11.1. The highest BCUT2D eigenvalue weighted by atomic mass is 32.1. The number of carbonyl (C=O) groups is 1. The summed E-state index contributed by atoms with van der Waals surface area (Å²) in [7, 11) is 1.56. The van der Waals surface area contributed by atoms with E-state index in [4.69, 9.17) is 9.47 Å². The highest BCUT2D eigenvalue weighted by molar-refractivity contribution is 7.20. The van der Waals surface area contributed by atoms with E-state index >= 15 is 0 Å². The van der Waals surface area contributed by atoms with Crippen LogP contribution < -0.4 is 9.47 Å². The fourth-order valence-electron chi connectivity index (χ4n) is 1.93. The van der Waals surface area contributed by atoms with Gasteiger partial charge in [-0.1, -0.05) is 6.07 Å². The highest BCUT2D eigenvalue weighted by Gasteiger charge is 2.14. The molecule has 1 heterocycles. The first-order chi connectivity index (χ1) is 10.2. The Kier molecular flexibility index (Phi) is 3.58. The van der Waals surface area contributed by atoms with Crippen molar-refractivity contribution in [2.24, 2.45) is 0 Å². The van der Waals surface area contributed by atoms with Crippen LogP contribution in [0.25, 0.3) is 10.1 Å². The summed E-state index contributed by atoms with van der Waals surface area (Å²) in [5, 5.41) is 0.434. The first kappa shape index (κ1) is 13.6. The molecule has 3 aromatic rings. The smallest absolute Gasteiger partial charge is 0.353 e. The fraction of sp³-hybridized carbons (Fsp3) is 0.0625. The SMILES string of the molecule is COc1ccc(OC(=O)c2cc3c(F)cccc3s2)cc1. The molecule has 0 bridgehead atoms. The second-order valence-corrected chi connectivity index (χ2v) is 5.41. The summed E-state index contributed by atoms with van der Waals surface area (Å²) in [6.45, 7) is 0. The third kappa shape index (κ3) is 2.73. The highest BCUT2D eigenvalue weighted by Crippen LogP contribution is 2.28. The molecule has 0 radical (unpaired) electrons. The molecule has 0 amide bonds. The maximum atomic E-state index is 13.6. The van der Waals surface area contributed by atoms with Gasteiger partial charge in [-0.05, 0) is 42.5 Å². The Labute approximate surface area is 124 Å². The van der Waals surface area contributed by atoms with Crippen molar-refractivity contribution in [3.8, 4) is 11.5 Å². The number of methoxy groups -OCH3 is 1. The van der Waals surface area contributed by atoms with E-state index in [9.17, 15) is 9.18 Å². The summed E-state index contributed by atoms with van der Waals surface area (Å²) in [6.07, 6.45) is 0.